The Morgan fingerprint density at radius 3 is 2.85 bits per heavy atom. The number of rotatable bonds is 2. The summed E-state index contributed by atoms with van der Waals surface area (Å²) >= 11 is 4.63. The van der Waals surface area contributed by atoms with Gasteiger partial charge in [-0.05, 0) is 36.2 Å². The van der Waals surface area contributed by atoms with E-state index < -0.39 is 11.8 Å². The fraction of sp³-hybridized carbons (Fsp3) is 0.133. The van der Waals surface area contributed by atoms with Crippen LogP contribution in [0.5, 0.6) is 5.75 Å². The highest BCUT2D eigenvalue weighted by molar-refractivity contribution is 9.10. The topological polar surface area (TPSA) is 26.3 Å². The normalized spacial score (nSPS) is 16.8. The lowest BCUT2D eigenvalue weighted by molar-refractivity contribution is -0.133. The molecule has 2 nitrogen and oxygen atoms in total. The minimum atomic E-state index is -0.548. The van der Waals surface area contributed by atoms with Gasteiger partial charge in [-0.2, -0.15) is 0 Å². The number of benzene rings is 2. The quantitative estimate of drug-likeness (QED) is 0.598. The monoisotopic (exact) mass is 352 g/mol. The summed E-state index contributed by atoms with van der Waals surface area (Å²) in [7, 11) is 0. The molecule has 2 aromatic carbocycles. The molecule has 0 bridgehead atoms. The first-order chi connectivity index (χ1) is 9.63. The van der Waals surface area contributed by atoms with E-state index in [9.17, 15) is 9.18 Å². The van der Waals surface area contributed by atoms with Crippen LogP contribution in [0.3, 0.4) is 0 Å². The van der Waals surface area contributed by atoms with Crippen LogP contribution < -0.4 is 4.74 Å². The van der Waals surface area contributed by atoms with Gasteiger partial charge in [0.1, 0.15) is 5.25 Å². The highest BCUT2D eigenvalue weighted by atomic mass is 79.9. The molecule has 1 atom stereocenters. The van der Waals surface area contributed by atoms with Gasteiger partial charge in [0, 0.05) is 9.37 Å². The average Bonchev–Trinajstić information content (AvgIpc) is 2.86. The molecule has 0 fully saturated rings. The van der Waals surface area contributed by atoms with Crippen molar-refractivity contribution in [2.75, 3.05) is 0 Å². The Hall–Kier alpha value is -1.33. The molecular formula is C15H10BrFO2S. The summed E-state index contributed by atoms with van der Waals surface area (Å²) in [6.45, 7) is 0. The predicted octanol–water partition coefficient (Wildman–Crippen LogP) is 4.21. The molecule has 0 aromatic heterocycles. The number of thioether (sulfide) groups is 1. The van der Waals surface area contributed by atoms with E-state index in [-0.39, 0.29) is 11.0 Å². The summed E-state index contributed by atoms with van der Waals surface area (Å²) in [6, 6.07) is 12.2. The molecule has 0 amide bonds. The summed E-state index contributed by atoms with van der Waals surface area (Å²) in [5.74, 6) is -0.990. The highest BCUT2D eigenvalue weighted by Gasteiger charge is 2.30. The van der Waals surface area contributed by atoms with E-state index >= 15 is 0 Å². The van der Waals surface area contributed by atoms with Gasteiger partial charge in [-0.15, -0.1) is 11.8 Å². The first-order valence-electron chi connectivity index (χ1n) is 6.05. The SMILES string of the molecule is O=C(Oc1ccc(Br)cc1F)C1Cc2ccccc2S1. The van der Waals surface area contributed by atoms with Crippen molar-refractivity contribution >= 4 is 33.7 Å². The molecule has 2 aromatic rings. The maximum absolute atomic E-state index is 13.6. The van der Waals surface area contributed by atoms with E-state index in [1.54, 1.807) is 6.07 Å². The summed E-state index contributed by atoms with van der Waals surface area (Å²) in [5.41, 5.74) is 1.13. The van der Waals surface area contributed by atoms with Crippen molar-refractivity contribution in [1.29, 1.82) is 0 Å². The van der Waals surface area contributed by atoms with Crippen molar-refractivity contribution in [1.82, 2.24) is 0 Å². The average molecular weight is 353 g/mol. The minimum absolute atomic E-state index is 0.0326. The fourth-order valence-electron chi connectivity index (χ4n) is 2.05. The number of halogens is 2. The van der Waals surface area contributed by atoms with Crippen LogP contribution in [0.2, 0.25) is 0 Å². The van der Waals surface area contributed by atoms with Gasteiger partial charge in [-0.3, -0.25) is 4.79 Å². The van der Waals surface area contributed by atoms with Gasteiger partial charge in [-0.1, -0.05) is 34.1 Å². The molecule has 1 aliphatic rings. The highest BCUT2D eigenvalue weighted by Crippen LogP contribution is 2.37. The number of carbonyl (C=O) groups excluding carboxylic acids is 1. The van der Waals surface area contributed by atoms with Gasteiger partial charge in [0.25, 0.3) is 0 Å². The number of esters is 1. The molecule has 1 heterocycles. The Kier molecular flexibility index (Phi) is 3.81. The molecule has 102 valence electrons. The molecule has 0 spiro atoms. The fourth-order valence-corrected chi connectivity index (χ4v) is 3.55. The maximum atomic E-state index is 13.6. The van der Waals surface area contributed by atoms with E-state index in [1.165, 1.54) is 23.9 Å². The van der Waals surface area contributed by atoms with Gasteiger partial charge < -0.3 is 4.74 Å². The Morgan fingerprint density at radius 2 is 2.10 bits per heavy atom. The molecule has 0 N–H and O–H groups in total. The lowest BCUT2D eigenvalue weighted by Crippen LogP contribution is -2.22. The number of hydrogen-bond acceptors (Lipinski definition) is 3. The van der Waals surface area contributed by atoms with Crippen molar-refractivity contribution in [3.8, 4) is 5.75 Å². The van der Waals surface area contributed by atoms with Crippen LogP contribution in [0.15, 0.2) is 51.8 Å². The Balaban J connectivity index is 1.72. The summed E-state index contributed by atoms with van der Waals surface area (Å²) in [4.78, 5) is 13.2. The van der Waals surface area contributed by atoms with Crippen LogP contribution in [-0.4, -0.2) is 11.2 Å². The third-order valence-electron chi connectivity index (χ3n) is 3.01. The second-order valence-corrected chi connectivity index (χ2v) is 6.57. The molecule has 20 heavy (non-hydrogen) atoms. The summed E-state index contributed by atoms with van der Waals surface area (Å²) < 4.78 is 19.4. The second-order valence-electron chi connectivity index (χ2n) is 4.41. The lowest BCUT2D eigenvalue weighted by Gasteiger charge is -2.09. The van der Waals surface area contributed by atoms with E-state index in [2.05, 4.69) is 15.9 Å². The minimum Gasteiger partial charge on any atom is -0.423 e. The number of hydrogen-bond donors (Lipinski definition) is 0. The Labute approximate surface area is 128 Å². The second kappa shape index (κ2) is 5.58. The first-order valence-corrected chi connectivity index (χ1v) is 7.72. The lowest BCUT2D eigenvalue weighted by atomic mass is 10.1. The van der Waals surface area contributed by atoms with E-state index in [4.69, 9.17) is 4.74 Å². The molecule has 1 aliphatic heterocycles. The van der Waals surface area contributed by atoms with Crippen LogP contribution >= 0.6 is 27.7 Å². The summed E-state index contributed by atoms with van der Waals surface area (Å²) in [5, 5.41) is -0.310. The van der Waals surface area contributed by atoms with Crippen molar-refractivity contribution < 1.29 is 13.9 Å². The van der Waals surface area contributed by atoms with Gasteiger partial charge in [-0.25, -0.2) is 4.39 Å². The molecule has 1 unspecified atom stereocenters. The molecule has 3 rings (SSSR count). The predicted molar refractivity (Wildman–Crippen MR) is 79.5 cm³/mol. The largest absolute Gasteiger partial charge is 0.423 e. The van der Waals surface area contributed by atoms with Gasteiger partial charge >= 0.3 is 5.97 Å². The van der Waals surface area contributed by atoms with E-state index in [0.29, 0.717) is 10.9 Å². The van der Waals surface area contributed by atoms with Gasteiger partial charge in [0.05, 0.1) is 0 Å². The van der Waals surface area contributed by atoms with Crippen molar-refractivity contribution in [3.63, 3.8) is 0 Å². The zero-order chi connectivity index (χ0) is 14.1. The van der Waals surface area contributed by atoms with Crippen molar-refractivity contribution in [3.05, 3.63) is 58.3 Å². The maximum Gasteiger partial charge on any atom is 0.325 e. The zero-order valence-corrected chi connectivity index (χ0v) is 12.7. The Bertz CT molecular complexity index is 650. The van der Waals surface area contributed by atoms with Gasteiger partial charge in [0.2, 0.25) is 0 Å². The first kappa shape index (κ1) is 13.6. The van der Waals surface area contributed by atoms with Crippen LogP contribution in [0.4, 0.5) is 4.39 Å². The van der Waals surface area contributed by atoms with Crippen LogP contribution in [0.1, 0.15) is 5.56 Å². The molecule has 0 aliphatic carbocycles. The zero-order valence-electron chi connectivity index (χ0n) is 10.3. The Morgan fingerprint density at radius 1 is 1.30 bits per heavy atom. The smallest absolute Gasteiger partial charge is 0.325 e. The number of fused-ring (bicyclic) bond motifs is 1. The number of ether oxygens (including phenoxy) is 1. The van der Waals surface area contributed by atoms with Crippen molar-refractivity contribution in [2.45, 2.75) is 16.6 Å². The summed E-state index contributed by atoms with van der Waals surface area (Å²) in [6.07, 6.45) is 0.623. The van der Waals surface area contributed by atoms with Crippen molar-refractivity contribution in [2.24, 2.45) is 0 Å². The van der Waals surface area contributed by atoms with Gasteiger partial charge in [0.15, 0.2) is 11.6 Å². The van der Waals surface area contributed by atoms with Crippen LogP contribution in [-0.2, 0) is 11.2 Å². The number of carbonyl (C=O) groups is 1. The molecule has 0 saturated heterocycles. The molecule has 0 radical (unpaired) electrons. The van der Waals surface area contributed by atoms with E-state index in [1.807, 2.05) is 24.3 Å². The molecule has 0 saturated carbocycles. The third kappa shape index (κ3) is 2.74. The molecular weight excluding hydrogens is 343 g/mol. The van der Waals surface area contributed by atoms with Crippen LogP contribution in [0, 0.1) is 5.82 Å². The molecule has 5 heteroatoms. The standard InChI is InChI=1S/C15H10BrFO2S/c16-10-5-6-12(11(17)8-10)19-15(18)14-7-9-3-1-2-4-13(9)20-14/h1-6,8,14H,7H2. The van der Waals surface area contributed by atoms with E-state index in [0.717, 1.165) is 10.5 Å². The third-order valence-corrected chi connectivity index (χ3v) is 4.80. The van der Waals surface area contributed by atoms with Crippen LogP contribution in [0.25, 0.3) is 0 Å².